The number of hydrogen-bond donors (Lipinski definition) is 0. The number of hydrogen-bond acceptors (Lipinski definition) is 3. The molecule has 3 heteroatoms. The molecule has 1 aliphatic rings. The Morgan fingerprint density at radius 2 is 2.33 bits per heavy atom. The Morgan fingerprint density at radius 3 is 3.13 bits per heavy atom. The van der Waals surface area contributed by atoms with Gasteiger partial charge < -0.3 is 14.2 Å². The van der Waals surface area contributed by atoms with Gasteiger partial charge in [0.05, 0.1) is 6.61 Å². The van der Waals surface area contributed by atoms with Crippen LogP contribution < -0.4 is 9.47 Å². The maximum absolute atomic E-state index is 5.59. The van der Waals surface area contributed by atoms with Crippen LogP contribution in [0.3, 0.4) is 0 Å². The van der Waals surface area contributed by atoms with E-state index in [1.807, 2.05) is 18.2 Å². The zero-order chi connectivity index (χ0) is 10.7. The van der Waals surface area contributed by atoms with Crippen LogP contribution in [0, 0.1) is 0 Å². The van der Waals surface area contributed by atoms with Crippen LogP contribution in [-0.4, -0.2) is 20.5 Å². The van der Waals surface area contributed by atoms with Crippen molar-refractivity contribution in [1.82, 2.24) is 0 Å². The molecule has 1 aromatic carbocycles. The second-order valence-electron chi connectivity index (χ2n) is 3.76. The summed E-state index contributed by atoms with van der Waals surface area (Å²) in [6.07, 6.45) is 1.04. The van der Waals surface area contributed by atoms with Gasteiger partial charge in [0.25, 0.3) is 0 Å². The average Bonchev–Trinajstić information content (AvgIpc) is 2.26. The summed E-state index contributed by atoms with van der Waals surface area (Å²) in [6.45, 7) is 3.27. The van der Waals surface area contributed by atoms with Crippen LogP contribution in [-0.2, 0) is 4.74 Å². The van der Waals surface area contributed by atoms with Crippen LogP contribution in [0.1, 0.15) is 24.8 Å². The molecule has 0 N–H and O–H groups in total. The van der Waals surface area contributed by atoms with E-state index < -0.39 is 0 Å². The lowest BCUT2D eigenvalue weighted by atomic mass is 9.94. The lowest BCUT2D eigenvalue weighted by molar-refractivity contribution is 0.0495. The molecular weight excluding hydrogens is 192 g/mol. The van der Waals surface area contributed by atoms with Gasteiger partial charge in [-0.25, -0.2) is 0 Å². The lowest BCUT2D eigenvalue weighted by Gasteiger charge is -2.25. The molecule has 1 aromatic rings. The third kappa shape index (κ3) is 2.07. The van der Waals surface area contributed by atoms with Crippen molar-refractivity contribution in [3.63, 3.8) is 0 Å². The van der Waals surface area contributed by atoms with Gasteiger partial charge in [0.15, 0.2) is 6.79 Å². The first kappa shape index (κ1) is 10.3. The molecular formula is C12H16O3. The van der Waals surface area contributed by atoms with E-state index >= 15 is 0 Å². The molecule has 0 amide bonds. The molecule has 0 unspecified atom stereocenters. The third-order valence-corrected chi connectivity index (χ3v) is 2.66. The monoisotopic (exact) mass is 208 g/mol. The normalized spacial score (nSPS) is 19.2. The van der Waals surface area contributed by atoms with Crippen LogP contribution in [0.15, 0.2) is 18.2 Å². The van der Waals surface area contributed by atoms with Crippen molar-refractivity contribution in [2.75, 3.05) is 20.5 Å². The molecule has 0 saturated carbocycles. The molecule has 1 atom stereocenters. The fourth-order valence-electron chi connectivity index (χ4n) is 1.87. The van der Waals surface area contributed by atoms with Gasteiger partial charge in [-0.2, -0.15) is 0 Å². The topological polar surface area (TPSA) is 27.7 Å². The Hall–Kier alpha value is -1.22. The minimum absolute atomic E-state index is 0.281. The van der Waals surface area contributed by atoms with Gasteiger partial charge in [-0.05, 0) is 24.5 Å². The predicted octanol–water partition coefficient (Wildman–Crippen LogP) is 2.56. The molecule has 0 radical (unpaired) electrons. The van der Waals surface area contributed by atoms with Crippen molar-refractivity contribution in [3.05, 3.63) is 23.8 Å². The Labute approximate surface area is 90.0 Å². The van der Waals surface area contributed by atoms with Crippen LogP contribution in [0.2, 0.25) is 0 Å². The zero-order valence-corrected chi connectivity index (χ0v) is 9.16. The second-order valence-corrected chi connectivity index (χ2v) is 3.76. The summed E-state index contributed by atoms with van der Waals surface area (Å²) in [5.41, 5.74) is 1.17. The maximum atomic E-state index is 5.59. The van der Waals surface area contributed by atoms with Crippen molar-refractivity contribution in [1.29, 1.82) is 0 Å². The van der Waals surface area contributed by atoms with Gasteiger partial charge in [0.1, 0.15) is 11.5 Å². The van der Waals surface area contributed by atoms with E-state index in [1.165, 1.54) is 5.56 Å². The third-order valence-electron chi connectivity index (χ3n) is 2.66. The highest BCUT2D eigenvalue weighted by Gasteiger charge is 2.21. The second kappa shape index (κ2) is 4.53. The fourth-order valence-corrected chi connectivity index (χ4v) is 1.87. The van der Waals surface area contributed by atoms with Crippen molar-refractivity contribution < 1.29 is 14.2 Å². The number of ether oxygens (including phenoxy) is 3. The smallest absolute Gasteiger partial charge is 0.188 e. The molecule has 15 heavy (non-hydrogen) atoms. The quantitative estimate of drug-likeness (QED) is 0.714. The highest BCUT2D eigenvalue weighted by Crippen LogP contribution is 2.39. The molecule has 82 valence electrons. The van der Waals surface area contributed by atoms with Crippen LogP contribution in [0.5, 0.6) is 11.5 Å². The van der Waals surface area contributed by atoms with E-state index in [9.17, 15) is 0 Å². The first-order valence-corrected chi connectivity index (χ1v) is 5.20. The van der Waals surface area contributed by atoms with E-state index in [0.29, 0.717) is 5.92 Å². The number of rotatable bonds is 3. The largest absolute Gasteiger partial charge is 0.493 e. The minimum atomic E-state index is 0.281. The van der Waals surface area contributed by atoms with Crippen LogP contribution in [0.25, 0.3) is 0 Å². The van der Waals surface area contributed by atoms with Gasteiger partial charge in [0.2, 0.25) is 0 Å². The molecule has 0 aliphatic carbocycles. The van der Waals surface area contributed by atoms with Crippen molar-refractivity contribution in [2.45, 2.75) is 19.3 Å². The van der Waals surface area contributed by atoms with Crippen LogP contribution in [0.4, 0.5) is 0 Å². The molecule has 1 aliphatic heterocycles. The predicted molar refractivity (Wildman–Crippen MR) is 57.5 cm³/mol. The first-order chi connectivity index (χ1) is 7.33. The Morgan fingerprint density at radius 1 is 1.47 bits per heavy atom. The van der Waals surface area contributed by atoms with E-state index in [2.05, 4.69) is 6.92 Å². The summed E-state index contributed by atoms with van der Waals surface area (Å²) >= 11 is 0. The molecule has 0 fully saturated rings. The summed E-state index contributed by atoms with van der Waals surface area (Å²) in [5.74, 6) is 2.31. The van der Waals surface area contributed by atoms with E-state index in [-0.39, 0.29) is 6.79 Å². The van der Waals surface area contributed by atoms with Gasteiger partial charge in [-0.15, -0.1) is 0 Å². The fraction of sp³-hybridized carbons (Fsp3) is 0.500. The highest BCUT2D eigenvalue weighted by molar-refractivity contribution is 5.47. The van der Waals surface area contributed by atoms with Crippen LogP contribution >= 0.6 is 0 Å². The van der Waals surface area contributed by atoms with Gasteiger partial charge >= 0.3 is 0 Å². The lowest BCUT2D eigenvalue weighted by Crippen LogP contribution is -2.14. The van der Waals surface area contributed by atoms with Gasteiger partial charge in [0, 0.05) is 12.7 Å². The number of methoxy groups -OCH3 is 1. The van der Waals surface area contributed by atoms with E-state index in [4.69, 9.17) is 14.2 Å². The van der Waals surface area contributed by atoms with E-state index in [0.717, 1.165) is 24.5 Å². The molecule has 0 bridgehead atoms. The average molecular weight is 208 g/mol. The van der Waals surface area contributed by atoms with E-state index in [1.54, 1.807) is 7.11 Å². The van der Waals surface area contributed by atoms with Crippen molar-refractivity contribution in [3.8, 4) is 11.5 Å². The maximum Gasteiger partial charge on any atom is 0.188 e. The minimum Gasteiger partial charge on any atom is -0.493 e. The zero-order valence-electron chi connectivity index (χ0n) is 9.16. The molecule has 1 heterocycles. The summed E-state index contributed by atoms with van der Waals surface area (Å²) in [5, 5.41) is 0. The molecule has 0 aromatic heterocycles. The SMILES string of the molecule is COCOc1cccc2c1[C@@H](C)CCO2. The van der Waals surface area contributed by atoms with Crippen molar-refractivity contribution in [2.24, 2.45) is 0 Å². The summed E-state index contributed by atoms with van der Waals surface area (Å²) in [6, 6.07) is 5.90. The Bertz CT molecular complexity index is 336. The Balaban J connectivity index is 2.29. The summed E-state index contributed by atoms with van der Waals surface area (Å²) in [4.78, 5) is 0. The standard InChI is InChI=1S/C12H16O3/c1-9-6-7-14-10-4-3-5-11(12(9)10)15-8-13-2/h3-5,9H,6-8H2,1-2H3/t9-/m0/s1. The Kier molecular flexibility index (Phi) is 3.11. The summed E-state index contributed by atoms with van der Waals surface area (Å²) in [7, 11) is 1.62. The molecule has 2 rings (SSSR count). The highest BCUT2D eigenvalue weighted by atomic mass is 16.7. The first-order valence-electron chi connectivity index (χ1n) is 5.20. The number of benzene rings is 1. The summed E-state index contributed by atoms with van der Waals surface area (Å²) < 4.78 is 16.0. The van der Waals surface area contributed by atoms with Crippen molar-refractivity contribution >= 4 is 0 Å². The molecule has 0 spiro atoms. The van der Waals surface area contributed by atoms with Gasteiger partial charge in [-0.1, -0.05) is 13.0 Å². The molecule has 0 saturated heterocycles. The molecule has 3 nitrogen and oxygen atoms in total. The van der Waals surface area contributed by atoms with Gasteiger partial charge in [-0.3, -0.25) is 0 Å². The number of fused-ring (bicyclic) bond motifs is 1.